The van der Waals surface area contributed by atoms with Crippen molar-refractivity contribution < 1.29 is 14.7 Å². The lowest BCUT2D eigenvalue weighted by Gasteiger charge is -2.28. The maximum atomic E-state index is 12.4. The Balaban J connectivity index is 2.53. The summed E-state index contributed by atoms with van der Waals surface area (Å²) >= 11 is 0. The minimum Gasteiger partial charge on any atom is -0.388 e. The Morgan fingerprint density at radius 1 is 1.27 bits per heavy atom. The highest BCUT2D eigenvalue weighted by molar-refractivity contribution is 5.87. The van der Waals surface area contributed by atoms with Gasteiger partial charge >= 0.3 is 0 Å². The molecular weight excluding hydrogens is 280 g/mol. The predicted octanol–water partition coefficient (Wildman–Crippen LogP) is 1.98. The van der Waals surface area contributed by atoms with Crippen molar-refractivity contribution in [2.75, 3.05) is 6.54 Å². The number of carbonyl (C=O) groups is 2. The molecule has 0 aliphatic heterocycles. The number of nitrogens with one attached hydrogen (secondary N) is 2. The molecule has 0 bridgehead atoms. The van der Waals surface area contributed by atoms with E-state index in [4.69, 9.17) is 0 Å². The number of carbonyl (C=O) groups excluding carboxylic acids is 2. The summed E-state index contributed by atoms with van der Waals surface area (Å²) in [6.45, 7) is 7.64. The Morgan fingerprint density at radius 3 is 2.36 bits per heavy atom. The molecule has 22 heavy (non-hydrogen) atoms. The average Bonchev–Trinajstić information content (AvgIpc) is 2.94. The molecule has 0 heterocycles. The van der Waals surface area contributed by atoms with Crippen LogP contribution in [0, 0.1) is 11.8 Å². The Labute approximate surface area is 134 Å². The number of aliphatic hydroxyl groups is 1. The summed E-state index contributed by atoms with van der Waals surface area (Å²) < 4.78 is 0. The van der Waals surface area contributed by atoms with Gasteiger partial charge in [0.2, 0.25) is 11.8 Å². The molecule has 2 amide bonds. The molecule has 5 nitrogen and oxygen atoms in total. The lowest BCUT2D eigenvalue weighted by atomic mass is 9.94. The summed E-state index contributed by atoms with van der Waals surface area (Å²) in [5, 5.41) is 15.9. The van der Waals surface area contributed by atoms with Gasteiger partial charge in [0.05, 0.1) is 5.60 Å². The van der Waals surface area contributed by atoms with E-state index in [2.05, 4.69) is 24.5 Å². The molecular formula is C17H32N2O3. The van der Waals surface area contributed by atoms with E-state index in [-0.39, 0.29) is 24.3 Å². The standard InChI is InChI=1S/C17H32N2O3/c1-12(2)9-10-17(4,22)11-18-16(21)15(19-13(3)20)14-7-5-6-8-14/h12,14-15,22H,5-11H2,1-4H3,(H,18,21)(H,19,20). The van der Waals surface area contributed by atoms with Crippen LogP contribution < -0.4 is 10.6 Å². The van der Waals surface area contributed by atoms with Crippen molar-refractivity contribution in [1.82, 2.24) is 10.6 Å². The molecule has 5 heteroatoms. The molecule has 2 unspecified atom stereocenters. The van der Waals surface area contributed by atoms with Crippen molar-refractivity contribution in [2.45, 2.75) is 77.9 Å². The van der Waals surface area contributed by atoms with Crippen molar-refractivity contribution in [1.29, 1.82) is 0 Å². The summed E-state index contributed by atoms with van der Waals surface area (Å²) in [6.07, 6.45) is 5.74. The highest BCUT2D eigenvalue weighted by Crippen LogP contribution is 2.28. The van der Waals surface area contributed by atoms with Gasteiger partial charge in [-0.3, -0.25) is 9.59 Å². The molecule has 0 aromatic heterocycles. The second-order valence-electron chi connectivity index (χ2n) is 7.37. The molecule has 1 rings (SSSR count). The van der Waals surface area contributed by atoms with Crippen LogP contribution in [0.15, 0.2) is 0 Å². The molecule has 0 saturated heterocycles. The molecule has 1 aliphatic carbocycles. The first-order valence-corrected chi connectivity index (χ1v) is 8.48. The van der Waals surface area contributed by atoms with Gasteiger partial charge in [-0.05, 0) is 44.4 Å². The molecule has 1 fully saturated rings. The molecule has 0 spiro atoms. The van der Waals surface area contributed by atoms with Crippen LogP contribution in [0.2, 0.25) is 0 Å². The highest BCUT2D eigenvalue weighted by atomic mass is 16.3. The topological polar surface area (TPSA) is 78.4 Å². The fourth-order valence-electron chi connectivity index (χ4n) is 2.98. The van der Waals surface area contributed by atoms with Gasteiger partial charge in [0.25, 0.3) is 0 Å². The van der Waals surface area contributed by atoms with Crippen molar-refractivity contribution in [3.63, 3.8) is 0 Å². The van der Waals surface area contributed by atoms with Crippen molar-refractivity contribution in [2.24, 2.45) is 11.8 Å². The van der Waals surface area contributed by atoms with E-state index in [1.54, 1.807) is 6.92 Å². The summed E-state index contributed by atoms with van der Waals surface area (Å²) in [4.78, 5) is 23.8. The van der Waals surface area contributed by atoms with Crippen LogP contribution in [-0.4, -0.2) is 35.1 Å². The highest BCUT2D eigenvalue weighted by Gasteiger charge is 2.32. The summed E-state index contributed by atoms with van der Waals surface area (Å²) in [5.74, 6) is 0.378. The van der Waals surface area contributed by atoms with Gasteiger partial charge in [0.15, 0.2) is 0 Å². The van der Waals surface area contributed by atoms with E-state index in [1.807, 2.05) is 0 Å². The fourth-order valence-corrected chi connectivity index (χ4v) is 2.98. The van der Waals surface area contributed by atoms with Crippen molar-refractivity contribution in [3.8, 4) is 0 Å². The quantitative estimate of drug-likeness (QED) is 0.641. The summed E-state index contributed by atoms with van der Waals surface area (Å²) in [7, 11) is 0. The smallest absolute Gasteiger partial charge is 0.242 e. The Kier molecular flexibility index (Phi) is 7.33. The van der Waals surface area contributed by atoms with Gasteiger partial charge in [-0.1, -0.05) is 26.7 Å². The van der Waals surface area contributed by atoms with Gasteiger partial charge in [0.1, 0.15) is 6.04 Å². The average molecular weight is 312 g/mol. The molecule has 3 N–H and O–H groups in total. The van der Waals surface area contributed by atoms with E-state index in [9.17, 15) is 14.7 Å². The van der Waals surface area contributed by atoms with E-state index < -0.39 is 11.6 Å². The largest absolute Gasteiger partial charge is 0.388 e. The molecule has 0 aromatic rings. The molecule has 1 saturated carbocycles. The van der Waals surface area contributed by atoms with Crippen LogP contribution in [0.5, 0.6) is 0 Å². The second-order valence-corrected chi connectivity index (χ2v) is 7.37. The SMILES string of the molecule is CC(=O)NC(C(=O)NCC(C)(O)CCC(C)C)C1CCCC1. The third kappa shape index (κ3) is 6.77. The first-order valence-electron chi connectivity index (χ1n) is 8.48. The van der Waals surface area contributed by atoms with Crippen LogP contribution in [0.1, 0.15) is 66.2 Å². The number of amides is 2. The fraction of sp³-hybridized carbons (Fsp3) is 0.882. The zero-order chi connectivity index (χ0) is 16.8. The summed E-state index contributed by atoms with van der Waals surface area (Å²) in [5.41, 5.74) is -0.906. The van der Waals surface area contributed by atoms with Gasteiger partial charge in [-0.25, -0.2) is 0 Å². The van der Waals surface area contributed by atoms with Gasteiger partial charge in [0, 0.05) is 13.5 Å². The van der Waals surface area contributed by atoms with Gasteiger partial charge in [-0.2, -0.15) is 0 Å². The van der Waals surface area contributed by atoms with E-state index in [1.165, 1.54) is 6.92 Å². The third-order valence-corrected chi connectivity index (χ3v) is 4.42. The van der Waals surface area contributed by atoms with E-state index in [0.29, 0.717) is 12.3 Å². The Hall–Kier alpha value is -1.10. The Bertz CT molecular complexity index is 374. The first kappa shape index (κ1) is 18.9. The van der Waals surface area contributed by atoms with Crippen molar-refractivity contribution in [3.05, 3.63) is 0 Å². The van der Waals surface area contributed by atoms with E-state index >= 15 is 0 Å². The minimum absolute atomic E-state index is 0.174. The van der Waals surface area contributed by atoms with Crippen molar-refractivity contribution >= 4 is 11.8 Å². The van der Waals surface area contributed by atoms with Crippen LogP contribution in [0.3, 0.4) is 0 Å². The predicted molar refractivity (Wildman–Crippen MR) is 87.3 cm³/mol. The molecule has 2 atom stereocenters. The normalized spacial score (nSPS) is 19.7. The van der Waals surface area contributed by atoms with Crippen LogP contribution >= 0.6 is 0 Å². The van der Waals surface area contributed by atoms with Crippen LogP contribution in [0.4, 0.5) is 0 Å². The first-order chi connectivity index (χ1) is 10.2. The summed E-state index contributed by atoms with van der Waals surface area (Å²) in [6, 6.07) is -0.471. The zero-order valence-electron chi connectivity index (χ0n) is 14.4. The lowest BCUT2D eigenvalue weighted by molar-refractivity contribution is -0.130. The molecule has 128 valence electrons. The van der Waals surface area contributed by atoms with Crippen LogP contribution in [-0.2, 0) is 9.59 Å². The zero-order valence-corrected chi connectivity index (χ0v) is 14.4. The van der Waals surface area contributed by atoms with Crippen LogP contribution in [0.25, 0.3) is 0 Å². The third-order valence-electron chi connectivity index (χ3n) is 4.42. The second kappa shape index (κ2) is 8.51. The minimum atomic E-state index is -0.906. The molecule has 0 radical (unpaired) electrons. The maximum absolute atomic E-state index is 12.4. The molecule has 1 aliphatic rings. The number of rotatable bonds is 8. The number of hydrogen-bond donors (Lipinski definition) is 3. The monoisotopic (exact) mass is 312 g/mol. The van der Waals surface area contributed by atoms with Gasteiger partial charge in [-0.15, -0.1) is 0 Å². The van der Waals surface area contributed by atoms with Gasteiger partial charge < -0.3 is 15.7 Å². The molecule has 0 aromatic carbocycles. The Morgan fingerprint density at radius 2 is 1.86 bits per heavy atom. The van der Waals surface area contributed by atoms with E-state index in [0.717, 1.165) is 32.1 Å². The lowest BCUT2D eigenvalue weighted by Crippen LogP contribution is -2.52. The maximum Gasteiger partial charge on any atom is 0.242 e. The number of hydrogen-bond acceptors (Lipinski definition) is 3.